The molecule has 25 heavy (non-hydrogen) atoms. The Morgan fingerprint density at radius 1 is 1.12 bits per heavy atom. The van der Waals surface area contributed by atoms with Crippen molar-refractivity contribution in [1.82, 2.24) is 10.2 Å². The lowest BCUT2D eigenvalue weighted by Crippen LogP contribution is -3.13. The summed E-state index contributed by atoms with van der Waals surface area (Å²) in [5.74, 6) is -0.209. The number of quaternary nitrogens is 1. The second kappa shape index (κ2) is 8.41. The summed E-state index contributed by atoms with van der Waals surface area (Å²) in [6, 6.07) is 15.2. The van der Waals surface area contributed by atoms with E-state index in [2.05, 4.69) is 41.4 Å². The van der Waals surface area contributed by atoms with Gasteiger partial charge in [0.1, 0.15) is 12.4 Å². The third-order valence-corrected chi connectivity index (χ3v) is 5.22. The van der Waals surface area contributed by atoms with Crippen LogP contribution in [0.25, 0.3) is 0 Å². The van der Waals surface area contributed by atoms with Crippen molar-refractivity contribution in [3.05, 3.63) is 71.0 Å². The van der Waals surface area contributed by atoms with Gasteiger partial charge in [-0.2, -0.15) is 0 Å². The van der Waals surface area contributed by atoms with Crippen LogP contribution in [0, 0.1) is 12.7 Å². The van der Waals surface area contributed by atoms with Gasteiger partial charge in [-0.15, -0.1) is 0 Å². The number of halogens is 1. The predicted molar refractivity (Wildman–Crippen MR) is 103 cm³/mol. The second-order valence-corrected chi connectivity index (χ2v) is 7.01. The van der Waals surface area contributed by atoms with E-state index < -0.39 is 0 Å². The number of nitrogens with zero attached hydrogens (tertiary/aromatic N) is 1. The molecule has 1 aliphatic heterocycles. The lowest BCUT2D eigenvalue weighted by Gasteiger charge is -2.34. The highest BCUT2D eigenvalue weighted by atomic mass is 32.1. The van der Waals surface area contributed by atoms with E-state index in [0.29, 0.717) is 6.54 Å². The Morgan fingerprint density at radius 2 is 1.80 bits per heavy atom. The van der Waals surface area contributed by atoms with Crippen molar-refractivity contribution in [1.29, 1.82) is 0 Å². The number of thiocarbonyl (C=S) groups is 1. The van der Waals surface area contributed by atoms with Gasteiger partial charge in [-0.3, -0.25) is 0 Å². The van der Waals surface area contributed by atoms with Crippen LogP contribution in [0.1, 0.15) is 16.7 Å². The van der Waals surface area contributed by atoms with Gasteiger partial charge >= 0.3 is 0 Å². The molecule has 3 rings (SSSR count). The van der Waals surface area contributed by atoms with E-state index in [1.54, 1.807) is 17.0 Å². The quantitative estimate of drug-likeness (QED) is 0.815. The SMILES string of the molecule is Cc1ccccc1C[NH+]1CCN(C(=S)NCc2ccc(F)cc2)CC1. The number of rotatable bonds is 4. The second-order valence-electron chi connectivity index (χ2n) is 6.63. The zero-order valence-electron chi connectivity index (χ0n) is 14.6. The number of aryl methyl sites for hydroxylation is 1. The van der Waals surface area contributed by atoms with Gasteiger partial charge in [-0.05, 0) is 42.4 Å². The molecule has 0 atom stereocenters. The van der Waals surface area contributed by atoms with Gasteiger partial charge in [0, 0.05) is 12.1 Å². The highest BCUT2D eigenvalue weighted by Gasteiger charge is 2.22. The summed E-state index contributed by atoms with van der Waals surface area (Å²) >= 11 is 5.52. The molecule has 0 spiro atoms. The van der Waals surface area contributed by atoms with Crippen molar-refractivity contribution in [2.45, 2.75) is 20.0 Å². The van der Waals surface area contributed by atoms with Gasteiger partial charge in [0.25, 0.3) is 0 Å². The minimum atomic E-state index is -0.209. The van der Waals surface area contributed by atoms with E-state index in [1.165, 1.54) is 23.3 Å². The van der Waals surface area contributed by atoms with Crippen LogP contribution in [-0.4, -0.2) is 36.2 Å². The van der Waals surface area contributed by atoms with E-state index >= 15 is 0 Å². The molecule has 0 amide bonds. The van der Waals surface area contributed by atoms with Crippen LogP contribution >= 0.6 is 12.2 Å². The van der Waals surface area contributed by atoms with Gasteiger partial charge in [-0.1, -0.05) is 36.4 Å². The van der Waals surface area contributed by atoms with Gasteiger partial charge < -0.3 is 15.1 Å². The van der Waals surface area contributed by atoms with E-state index in [9.17, 15) is 4.39 Å². The molecule has 2 aromatic rings. The Hall–Kier alpha value is -1.98. The van der Waals surface area contributed by atoms with Gasteiger partial charge in [-0.25, -0.2) is 4.39 Å². The highest BCUT2D eigenvalue weighted by molar-refractivity contribution is 7.80. The largest absolute Gasteiger partial charge is 0.358 e. The van der Waals surface area contributed by atoms with Crippen molar-refractivity contribution in [3.8, 4) is 0 Å². The van der Waals surface area contributed by atoms with Crippen LogP contribution < -0.4 is 10.2 Å². The highest BCUT2D eigenvalue weighted by Crippen LogP contribution is 2.06. The van der Waals surface area contributed by atoms with Crippen LogP contribution in [0.15, 0.2) is 48.5 Å². The lowest BCUT2D eigenvalue weighted by molar-refractivity contribution is -0.917. The van der Waals surface area contributed by atoms with Crippen LogP contribution in [0.2, 0.25) is 0 Å². The van der Waals surface area contributed by atoms with Gasteiger partial charge in [0.15, 0.2) is 5.11 Å². The first-order chi connectivity index (χ1) is 12.1. The van der Waals surface area contributed by atoms with Crippen LogP contribution in [0.4, 0.5) is 4.39 Å². The summed E-state index contributed by atoms with van der Waals surface area (Å²) in [6.45, 7) is 8.01. The Morgan fingerprint density at radius 3 is 2.48 bits per heavy atom. The zero-order chi connectivity index (χ0) is 17.6. The molecule has 3 nitrogen and oxygen atoms in total. The molecule has 0 aliphatic carbocycles. The Balaban J connectivity index is 1.44. The van der Waals surface area contributed by atoms with Gasteiger partial charge in [0.2, 0.25) is 0 Å². The maximum Gasteiger partial charge on any atom is 0.169 e. The lowest BCUT2D eigenvalue weighted by atomic mass is 10.1. The molecule has 2 aromatic carbocycles. The molecule has 1 heterocycles. The smallest absolute Gasteiger partial charge is 0.169 e. The van der Waals surface area contributed by atoms with Crippen molar-refractivity contribution >= 4 is 17.3 Å². The molecule has 1 fully saturated rings. The third-order valence-electron chi connectivity index (χ3n) is 4.82. The van der Waals surface area contributed by atoms with Crippen molar-refractivity contribution < 1.29 is 9.29 Å². The molecule has 1 aliphatic rings. The molecule has 132 valence electrons. The molecular weight excluding hydrogens is 333 g/mol. The van der Waals surface area contributed by atoms with Gasteiger partial charge in [0.05, 0.1) is 26.2 Å². The number of nitrogens with one attached hydrogen (secondary N) is 2. The van der Waals surface area contributed by atoms with E-state index in [1.807, 2.05) is 0 Å². The monoisotopic (exact) mass is 358 g/mol. The Kier molecular flexibility index (Phi) is 6.00. The van der Waals surface area contributed by atoms with E-state index in [4.69, 9.17) is 12.2 Å². The number of piperazine rings is 1. The first kappa shape index (κ1) is 17.8. The van der Waals surface area contributed by atoms with E-state index in [0.717, 1.165) is 43.4 Å². The molecule has 1 saturated heterocycles. The average Bonchev–Trinajstić information content (AvgIpc) is 2.63. The number of hydrogen-bond donors (Lipinski definition) is 2. The fourth-order valence-corrected chi connectivity index (χ4v) is 3.43. The maximum absolute atomic E-state index is 12.9. The summed E-state index contributed by atoms with van der Waals surface area (Å²) in [7, 11) is 0. The molecule has 0 saturated carbocycles. The minimum absolute atomic E-state index is 0.209. The minimum Gasteiger partial charge on any atom is -0.358 e. The summed E-state index contributed by atoms with van der Waals surface area (Å²) in [5, 5.41) is 4.08. The average molecular weight is 359 g/mol. The number of benzene rings is 2. The molecule has 0 aromatic heterocycles. The summed E-state index contributed by atoms with van der Waals surface area (Å²) in [4.78, 5) is 3.84. The summed E-state index contributed by atoms with van der Waals surface area (Å²) in [6.07, 6.45) is 0. The zero-order valence-corrected chi connectivity index (χ0v) is 15.4. The molecule has 0 unspecified atom stereocenters. The maximum atomic E-state index is 12.9. The third kappa shape index (κ3) is 5.00. The fourth-order valence-electron chi connectivity index (χ4n) is 3.17. The standard InChI is InChI=1S/C20H24FN3S/c1-16-4-2-3-5-18(16)15-23-10-12-24(13-11-23)20(25)22-14-17-6-8-19(21)9-7-17/h2-9H,10-15H2,1H3,(H,22,25)/p+1. The van der Waals surface area contributed by atoms with Crippen LogP contribution in [-0.2, 0) is 13.1 Å². The first-order valence-electron chi connectivity index (χ1n) is 8.77. The summed E-state index contributed by atoms with van der Waals surface area (Å²) in [5.41, 5.74) is 3.84. The Labute approximate surface area is 154 Å². The van der Waals surface area contributed by atoms with Crippen molar-refractivity contribution in [2.75, 3.05) is 26.2 Å². The fraction of sp³-hybridized carbons (Fsp3) is 0.350. The van der Waals surface area contributed by atoms with Crippen molar-refractivity contribution in [3.63, 3.8) is 0 Å². The molecule has 0 bridgehead atoms. The normalized spacial score (nSPS) is 15.2. The number of hydrogen-bond acceptors (Lipinski definition) is 1. The summed E-state index contributed by atoms with van der Waals surface area (Å²) < 4.78 is 12.9. The Bertz CT molecular complexity index is 709. The first-order valence-corrected chi connectivity index (χ1v) is 9.18. The van der Waals surface area contributed by atoms with Crippen molar-refractivity contribution in [2.24, 2.45) is 0 Å². The van der Waals surface area contributed by atoms with Crippen LogP contribution in [0.5, 0.6) is 0 Å². The topological polar surface area (TPSA) is 19.7 Å². The van der Waals surface area contributed by atoms with E-state index in [-0.39, 0.29) is 5.82 Å². The van der Waals surface area contributed by atoms with Crippen LogP contribution in [0.3, 0.4) is 0 Å². The predicted octanol–water partition coefficient (Wildman–Crippen LogP) is 1.91. The molecule has 0 radical (unpaired) electrons. The molecule has 2 N–H and O–H groups in total. The molecule has 5 heteroatoms. The molecular formula is C20H25FN3S+.